The molecule has 0 spiro atoms. The molecule has 0 saturated carbocycles. The molecule has 1 aliphatic heterocycles. The highest BCUT2D eigenvalue weighted by Crippen LogP contribution is 2.25. The molecule has 0 bridgehead atoms. The fourth-order valence-corrected chi connectivity index (χ4v) is 1.73. The monoisotopic (exact) mass is 176 g/mol. The van der Waals surface area contributed by atoms with Crippen molar-refractivity contribution in [3.63, 3.8) is 0 Å². The minimum Gasteiger partial charge on any atom is -0.322 e. The summed E-state index contributed by atoms with van der Waals surface area (Å²) < 4.78 is 0. The van der Waals surface area contributed by atoms with Gasteiger partial charge in [-0.3, -0.25) is 4.79 Å². The van der Waals surface area contributed by atoms with E-state index in [4.69, 9.17) is 5.26 Å². The molecule has 3 nitrogen and oxygen atoms in total. The van der Waals surface area contributed by atoms with E-state index in [1.54, 1.807) is 4.90 Å². The second kappa shape index (κ2) is 3.21. The van der Waals surface area contributed by atoms with Gasteiger partial charge in [0.25, 0.3) is 0 Å². The van der Waals surface area contributed by atoms with Crippen molar-refractivity contribution >= 4 is 5.91 Å². The Bertz CT molecular complexity index is 290. The first-order chi connectivity index (χ1) is 6.31. The van der Waals surface area contributed by atoms with Gasteiger partial charge in [0.15, 0.2) is 0 Å². The zero-order chi connectivity index (χ0) is 9.26. The third kappa shape index (κ3) is 1.72. The Morgan fingerprint density at radius 3 is 3.08 bits per heavy atom. The van der Waals surface area contributed by atoms with Crippen molar-refractivity contribution in [2.75, 3.05) is 6.54 Å². The molecule has 2 aliphatic rings. The first kappa shape index (κ1) is 8.31. The summed E-state index contributed by atoms with van der Waals surface area (Å²) >= 11 is 0. The van der Waals surface area contributed by atoms with E-state index in [2.05, 4.69) is 18.2 Å². The fraction of sp³-hybridized carbons (Fsp3) is 0.600. The first-order valence-corrected chi connectivity index (χ1v) is 4.67. The summed E-state index contributed by atoms with van der Waals surface area (Å²) in [5.74, 6) is 0.565. The van der Waals surface area contributed by atoms with Crippen molar-refractivity contribution in [2.45, 2.75) is 25.3 Å². The zero-order valence-electron chi connectivity index (χ0n) is 7.44. The van der Waals surface area contributed by atoms with Crippen molar-refractivity contribution in [1.29, 1.82) is 5.26 Å². The summed E-state index contributed by atoms with van der Waals surface area (Å²) in [5, 5.41) is 8.53. The van der Waals surface area contributed by atoms with Crippen molar-refractivity contribution < 1.29 is 4.79 Å². The fourth-order valence-electron chi connectivity index (χ4n) is 1.73. The van der Waals surface area contributed by atoms with Crippen LogP contribution in [0.2, 0.25) is 0 Å². The van der Waals surface area contributed by atoms with Crippen LogP contribution < -0.4 is 0 Å². The Morgan fingerprint density at radius 1 is 1.69 bits per heavy atom. The second-order valence-electron chi connectivity index (χ2n) is 3.66. The molecule has 68 valence electrons. The predicted octanol–water partition coefficient (Wildman–Crippen LogP) is 1.08. The highest BCUT2D eigenvalue weighted by molar-refractivity contribution is 5.80. The molecule has 2 unspecified atom stereocenters. The summed E-state index contributed by atoms with van der Waals surface area (Å²) in [7, 11) is 0. The van der Waals surface area contributed by atoms with Crippen LogP contribution in [-0.2, 0) is 4.79 Å². The van der Waals surface area contributed by atoms with Gasteiger partial charge in [-0.05, 0) is 18.8 Å². The van der Waals surface area contributed by atoms with Crippen LogP contribution in [0.3, 0.4) is 0 Å². The van der Waals surface area contributed by atoms with Crippen LogP contribution >= 0.6 is 0 Å². The lowest BCUT2D eigenvalue weighted by atomic mass is 10.1. The van der Waals surface area contributed by atoms with Gasteiger partial charge in [-0.25, -0.2) is 0 Å². The number of carbonyl (C=O) groups is 1. The van der Waals surface area contributed by atoms with Gasteiger partial charge < -0.3 is 4.90 Å². The van der Waals surface area contributed by atoms with E-state index in [1.165, 1.54) is 0 Å². The average molecular weight is 176 g/mol. The number of nitrogens with zero attached hydrogens (tertiary/aromatic N) is 2. The summed E-state index contributed by atoms with van der Waals surface area (Å²) in [6.45, 7) is 0.645. The van der Waals surface area contributed by atoms with Crippen molar-refractivity contribution in [3.8, 4) is 6.07 Å². The Labute approximate surface area is 77.6 Å². The molecule has 3 heteroatoms. The van der Waals surface area contributed by atoms with E-state index in [9.17, 15) is 4.79 Å². The number of carbonyl (C=O) groups excluding carboxylic acids is 1. The lowest BCUT2D eigenvalue weighted by Crippen LogP contribution is -2.15. The maximum Gasteiger partial charge on any atom is 0.224 e. The van der Waals surface area contributed by atoms with Crippen LogP contribution in [0.1, 0.15) is 19.3 Å². The Balaban J connectivity index is 1.80. The van der Waals surface area contributed by atoms with Crippen molar-refractivity contribution in [1.82, 2.24) is 4.90 Å². The lowest BCUT2D eigenvalue weighted by Gasteiger charge is -2.06. The third-order valence-electron chi connectivity index (χ3n) is 2.63. The quantitative estimate of drug-likeness (QED) is 0.466. The first-order valence-electron chi connectivity index (χ1n) is 4.67. The maximum absolute atomic E-state index is 11.5. The highest BCUT2D eigenvalue weighted by Gasteiger charge is 2.38. The van der Waals surface area contributed by atoms with Crippen LogP contribution in [0.4, 0.5) is 0 Å². The molecule has 2 atom stereocenters. The van der Waals surface area contributed by atoms with Gasteiger partial charge in [0.1, 0.15) is 6.04 Å². The van der Waals surface area contributed by atoms with Crippen molar-refractivity contribution in [3.05, 3.63) is 12.2 Å². The SMILES string of the molecule is N#CC1CN1C(=O)CC1C=CCC1. The van der Waals surface area contributed by atoms with Gasteiger partial charge in [0.05, 0.1) is 12.6 Å². The third-order valence-corrected chi connectivity index (χ3v) is 2.63. The van der Waals surface area contributed by atoms with Gasteiger partial charge in [0, 0.05) is 6.42 Å². The number of hydrogen-bond acceptors (Lipinski definition) is 2. The van der Waals surface area contributed by atoms with Gasteiger partial charge in [-0.2, -0.15) is 5.26 Å². The molecule has 1 aliphatic carbocycles. The van der Waals surface area contributed by atoms with Crippen LogP contribution in [0.5, 0.6) is 0 Å². The zero-order valence-corrected chi connectivity index (χ0v) is 7.44. The van der Waals surface area contributed by atoms with E-state index in [0.29, 0.717) is 18.9 Å². The van der Waals surface area contributed by atoms with Gasteiger partial charge >= 0.3 is 0 Å². The standard InChI is InChI=1S/C10H12N2O/c11-6-9-7-12(9)10(13)5-8-3-1-2-4-8/h1,3,8-9H,2,4-5,7H2. The van der Waals surface area contributed by atoms with E-state index in [1.807, 2.05) is 0 Å². The molecule has 1 heterocycles. The molecule has 0 aromatic carbocycles. The summed E-state index contributed by atoms with van der Waals surface area (Å²) in [4.78, 5) is 13.1. The molecule has 1 fully saturated rings. The van der Waals surface area contributed by atoms with Crippen molar-refractivity contribution in [2.24, 2.45) is 5.92 Å². The number of nitriles is 1. The maximum atomic E-state index is 11.5. The average Bonchev–Trinajstić information content (AvgIpc) is 2.77. The number of hydrogen-bond donors (Lipinski definition) is 0. The van der Waals surface area contributed by atoms with Crippen LogP contribution in [0.25, 0.3) is 0 Å². The predicted molar refractivity (Wildman–Crippen MR) is 47.6 cm³/mol. The highest BCUT2D eigenvalue weighted by atomic mass is 16.2. The molecule has 0 aromatic rings. The largest absolute Gasteiger partial charge is 0.322 e. The molecule has 1 amide bonds. The molecule has 13 heavy (non-hydrogen) atoms. The molecule has 2 rings (SSSR count). The summed E-state index contributed by atoms with van der Waals surface area (Å²) in [5.41, 5.74) is 0. The molecular formula is C10H12N2O. The Morgan fingerprint density at radius 2 is 2.54 bits per heavy atom. The van der Waals surface area contributed by atoms with Crippen LogP contribution in [-0.4, -0.2) is 23.4 Å². The topological polar surface area (TPSA) is 43.9 Å². The van der Waals surface area contributed by atoms with E-state index < -0.39 is 0 Å². The molecule has 1 saturated heterocycles. The molecule has 0 N–H and O–H groups in total. The molecule has 0 aromatic heterocycles. The molecular weight excluding hydrogens is 164 g/mol. The van der Waals surface area contributed by atoms with E-state index >= 15 is 0 Å². The summed E-state index contributed by atoms with van der Waals surface area (Å²) in [6.07, 6.45) is 7.02. The smallest absolute Gasteiger partial charge is 0.224 e. The van der Waals surface area contributed by atoms with Crippen LogP contribution in [0.15, 0.2) is 12.2 Å². The normalized spacial score (nSPS) is 30.2. The number of allylic oxidation sites excluding steroid dienone is 2. The van der Waals surface area contributed by atoms with Gasteiger partial charge in [-0.15, -0.1) is 0 Å². The second-order valence-corrected chi connectivity index (χ2v) is 3.66. The minimum absolute atomic E-state index is 0.127. The van der Waals surface area contributed by atoms with E-state index in [-0.39, 0.29) is 11.9 Å². The lowest BCUT2D eigenvalue weighted by molar-refractivity contribution is -0.126. The Hall–Kier alpha value is -1.30. The van der Waals surface area contributed by atoms with Crippen LogP contribution in [0, 0.1) is 17.2 Å². The van der Waals surface area contributed by atoms with Gasteiger partial charge in [0.2, 0.25) is 5.91 Å². The summed E-state index contributed by atoms with van der Waals surface area (Å²) in [6, 6.07) is 1.95. The van der Waals surface area contributed by atoms with E-state index in [0.717, 1.165) is 12.8 Å². The number of amides is 1. The number of rotatable bonds is 2. The Kier molecular flexibility index (Phi) is 2.05. The minimum atomic E-state index is -0.127. The van der Waals surface area contributed by atoms with Gasteiger partial charge in [-0.1, -0.05) is 12.2 Å². The molecule has 0 radical (unpaired) electrons.